The van der Waals surface area contributed by atoms with Gasteiger partial charge in [-0.2, -0.15) is 0 Å². The molecule has 1 heteroatoms. The molecule has 0 bridgehead atoms. The van der Waals surface area contributed by atoms with Crippen LogP contribution in [0.25, 0.3) is 0 Å². The molecule has 0 amide bonds. The van der Waals surface area contributed by atoms with Gasteiger partial charge >= 0.3 is 0 Å². The van der Waals surface area contributed by atoms with Crippen LogP contribution in [0.1, 0.15) is 69.9 Å². The maximum absolute atomic E-state index is 3.73. The Balaban J connectivity index is 2.03. The predicted molar refractivity (Wildman–Crippen MR) is 88.3 cm³/mol. The highest BCUT2D eigenvalue weighted by Gasteiger charge is 2.23. The van der Waals surface area contributed by atoms with Crippen LogP contribution in [0.4, 0.5) is 0 Å². The van der Waals surface area contributed by atoms with Gasteiger partial charge in [-0.1, -0.05) is 51.5 Å². The Kier molecular flexibility index (Phi) is 6.09. The van der Waals surface area contributed by atoms with E-state index in [1.54, 1.807) is 11.1 Å². The molecule has 0 aromatic heterocycles. The van der Waals surface area contributed by atoms with Crippen LogP contribution in [-0.4, -0.2) is 12.6 Å². The molecule has 1 N–H and O–H groups in total. The van der Waals surface area contributed by atoms with Gasteiger partial charge < -0.3 is 5.32 Å². The van der Waals surface area contributed by atoms with Gasteiger partial charge in [0.25, 0.3) is 0 Å². The molecular formula is C19H31N. The van der Waals surface area contributed by atoms with Crippen molar-refractivity contribution >= 4 is 0 Å². The minimum Gasteiger partial charge on any atom is -0.314 e. The van der Waals surface area contributed by atoms with Crippen molar-refractivity contribution in [3.8, 4) is 0 Å². The highest BCUT2D eigenvalue weighted by atomic mass is 14.9. The molecule has 2 rings (SSSR count). The van der Waals surface area contributed by atoms with Gasteiger partial charge in [0.1, 0.15) is 0 Å². The van der Waals surface area contributed by atoms with E-state index in [0.29, 0.717) is 6.04 Å². The molecule has 112 valence electrons. The summed E-state index contributed by atoms with van der Waals surface area (Å²) >= 11 is 0. The Morgan fingerprint density at radius 1 is 1.25 bits per heavy atom. The summed E-state index contributed by atoms with van der Waals surface area (Å²) in [5.74, 6) is 1.60. The highest BCUT2D eigenvalue weighted by molar-refractivity contribution is 5.32. The molecule has 0 saturated heterocycles. The number of hydrogen-bond acceptors (Lipinski definition) is 1. The fourth-order valence-corrected chi connectivity index (χ4v) is 3.65. The largest absolute Gasteiger partial charge is 0.314 e. The van der Waals surface area contributed by atoms with Crippen molar-refractivity contribution in [2.45, 2.75) is 71.3 Å². The van der Waals surface area contributed by atoms with Crippen molar-refractivity contribution in [2.24, 2.45) is 5.92 Å². The van der Waals surface area contributed by atoms with Crippen LogP contribution in [0.3, 0.4) is 0 Å². The van der Waals surface area contributed by atoms with E-state index in [1.807, 2.05) is 0 Å². The summed E-state index contributed by atoms with van der Waals surface area (Å²) in [6.45, 7) is 8.02. The molecule has 0 fully saturated rings. The second-order valence-corrected chi connectivity index (χ2v) is 6.53. The number of rotatable bonds is 7. The third-order valence-electron chi connectivity index (χ3n) is 4.94. The van der Waals surface area contributed by atoms with Crippen molar-refractivity contribution in [2.75, 3.05) is 6.54 Å². The van der Waals surface area contributed by atoms with Crippen LogP contribution in [0.15, 0.2) is 24.3 Å². The van der Waals surface area contributed by atoms with Crippen molar-refractivity contribution in [3.05, 3.63) is 35.4 Å². The molecule has 20 heavy (non-hydrogen) atoms. The fourth-order valence-electron chi connectivity index (χ4n) is 3.65. The molecule has 1 nitrogen and oxygen atoms in total. The van der Waals surface area contributed by atoms with E-state index >= 15 is 0 Å². The summed E-state index contributed by atoms with van der Waals surface area (Å²) in [5, 5.41) is 3.73. The van der Waals surface area contributed by atoms with Crippen LogP contribution < -0.4 is 5.32 Å². The number of aryl methyl sites for hydroxylation is 1. The lowest BCUT2D eigenvalue weighted by Gasteiger charge is -2.30. The molecule has 0 heterocycles. The topological polar surface area (TPSA) is 12.0 Å². The van der Waals surface area contributed by atoms with E-state index in [4.69, 9.17) is 0 Å². The average Bonchev–Trinajstić information content (AvgIpc) is 2.47. The normalized spacial score (nSPS) is 21.2. The number of benzene rings is 1. The molecule has 1 aromatic rings. The lowest BCUT2D eigenvalue weighted by Crippen LogP contribution is -2.33. The van der Waals surface area contributed by atoms with Crippen LogP contribution in [0, 0.1) is 5.92 Å². The van der Waals surface area contributed by atoms with E-state index < -0.39 is 0 Å². The van der Waals surface area contributed by atoms with E-state index in [-0.39, 0.29) is 0 Å². The summed E-state index contributed by atoms with van der Waals surface area (Å²) in [4.78, 5) is 0. The monoisotopic (exact) mass is 273 g/mol. The molecule has 1 aliphatic carbocycles. The Morgan fingerprint density at radius 2 is 2.05 bits per heavy atom. The van der Waals surface area contributed by atoms with Gasteiger partial charge in [0.05, 0.1) is 0 Å². The van der Waals surface area contributed by atoms with E-state index in [0.717, 1.165) is 18.4 Å². The fraction of sp³-hybridized carbons (Fsp3) is 0.684. The Morgan fingerprint density at radius 3 is 2.80 bits per heavy atom. The zero-order valence-corrected chi connectivity index (χ0v) is 13.5. The van der Waals surface area contributed by atoms with E-state index in [2.05, 4.69) is 50.4 Å². The molecule has 0 spiro atoms. The van der Waals surface area contributed by atoms with Gasteiger partial charge in [-0.3, -0.25) is 0 Å². The second-order valence-electron chi connectivity index (χ2n) is 6.53. The average molecular weight is 273 g/mol. The van der Waals surface area contributed by atoms with Gasteiger partial charge in [0.2, 0.25) is 0 Å². The number of hydrogen-bond donors (Lipinski definition) is 1. The maximum Gasteiger partial charge on any atom is 0.00753 e. The first-order valence-electron chi connectivity index (χ1n) is 8.55. The van der Waals surface area contributed by atoms with Gasteiger partial charge in [-0.15, -0.1) is 0 Å². The summed E-state index contributed by atoms with van der Waals surface area (Å²) in [6, 6.07) is 9.80. The smallest absolute Gasteiger partial charge is 0.00753 e. The molecule has 0 radical (unpaired) electrons. The molecule has 0 saturated carbocycles. The standard InChI is InChI=1S/C19H31N/c1-4-15(3)13-18(20-5-2)14-17-11-8-10-16-9-6-7-12-19(16)17/h6-7,9,12,15,17-18,20H,4-5,8,10-11,13-14H2,1-3H3. The molecule has 0 aliphatic heterocycles. The third kappa shape index (κ3) is 4.09. The summed E-state index contributed by atoms with van der Waals surface area (Å²) in [7, 11) is 0. The zero-order chi connectivity index (χ0) is 14.4. The summed E-state index contributed by atoms with van der Waals surface area (Å²) < 4.78 is 0. The SMILES string of the molecule is CCNC(CC(C)CC)CC1CCCc2ccccc21. The molecule has 3 atom stereocenters. The minimum atomic E-state index is 0.686. The Hall–Kier alpha value is -0.820. The lowest BCUT2D eigenvalue weighted by molar-refractivity contribution is 0.349. The van der Waals surface area contributed by atoms with Gasteiger partial charge in [0.15, 0.2) is 0 Å². The number of nitrogens with one attached hydrogen (secondary N) is 1. The zero-order valence-electron chi connectivity index (χ0n) is 13.5. The summed E-state index contributed by atoms with van der Waals surface area (Å²) in [5.41, 5.74) is 3.23. The lowest BCUT2D eigenvalue weighted by atomic mass is 9.78. The Bertz CT molecular complexity index is 399. The second kappa shape index (κ2) is 7.83. The van der Waals surface area contributed by atoms with E-state index in [9.17, 15) is 0 Å². The van der Waals surface area contributed by atoms with Crippen molar-refractivity contribution in [1.29, 1.82) is 0 Å². The van der Waals surface area contributed by atoms with Gasteiger partial charge in [-0.05, 0) is 61.6 Å². The maximum atomic E-state index is 3.73. The number of fused-ring (bicyclic) bond motifs is 1. The molecule has 1 aliphatic rings. The molecule has 1 aromatic carbocycles. The molecular weight excluding hydrogens is 242 g/mol. The first-order chi connectivity index (χ1) is 9.74. The van der Waals surface area contributed by atoms with Gasteiger partial charge in [-0.25, -0.2) is 0 Å². The van der Waals surface area contributed by atoms with Gasteiger partial charge in [0, 0.05) is 6.04 Å². The van der Waals surface area contributed by atoms with Crippen LogP contribution >= 0.6 is 0 Å². The molecule has 3 unspecified atom stereocenters. The van der Waals surface area contributed by atoms with Crippen molar-refractivity contribution in [1.82, 2.24) is 5.32 Å². The first kappa shape index (κ1) is 15.6. The third-order valence-corrected chi connectivity index (χ3v) is 4.94. The Labute approximate surface area is 125 Å². The van der Waals surface area contributed by atoms with Crippen LogP contribution in [-0.2, 0) is 6.42 Å². The quantitative estimate of drug-likeness (QED) is 0.744. The van der Waals surface area contributed by atoms with E-state index in [1.165, 1.54) is 38.5 Å². The highest BCUT2D eigenvalue weighted by Crippen LogP contribution is 2.35. The summed E-state index contributed by atoms with van der Waals surface area (Å²) in [6.07, 6.45) is 7.95. The predicted octanol–water partition coefficient (Wildman–Crippen LogP) is 4.91. The minimum absolute atomic E-state index is 0.686. The van der Waals surface area contributed by atoms with Crippen LogP contribution in [0.2, 0.25) is 0 Å². The van der Waals surface area contributed by atoms with Crippen LogP contribution in [0.5, 0.6) is 0 Å². The van der Waals surface area contributed by atoms with Crippen molar-refractivity contribution in [3.63, 3.8) is 0 Å². The first-order valence-corrected chi connectivity index (χ1v) is 8.55. The van der Waals surface area contributed by atoms with Crippen molar-refractivity contribution < 1.29 is 0 Å².